The van der Waals surface area contributed by atoms with Crippen LogP contribution in [0, 0.1) is 0 Å². The van der Waals surface area contributed by atoms with Crippen molar-refractivity contribution in [3.05, 3.63) is 0 Å². The smallest absolute Gasteiger partial charge is 0.317 e. The van der Waals surface area contributed by atoms with Crippen LogP contribution in [0.25, 0.3) is 0 Å². The zero-order valence-electron chi connectivity index (χ0n) is 12.6. The van der Waals surface area contributed by atoms with Crippen LogP contribution in [0.4, 0.5) is 4.79 Å². The van der Waals surface area contributed by atoms with Crippen LogP contribution < -0.4 is 10.6 Å². The number of nitrogens with zero attached hydrogens (tertiary/aromatic N) is 2. The Kier molecular flexibility index (Phi) is 5.41. The summed E-state index contributed by atoms with van der Waals surface area (Å²) in [6, 6.07) is -0.214. The second-order valence-corrected chi connectivity index (χ2v) is 5.73. The monoisotopic (exact) mass is 296 g/mol. The second-order valence-electron chi connectivity index (χ2n) is 5.73. The van der Waals surface area contributed by atoms with Crippen LogP contribution >= 0.6 is 0 Å². The first kappa shape index (κ1) is 15.6. The van der Waals surface area contributed by atoms with Crippen molar-refractivity contribution in [2.75, 3.05) is 32.7 Å². The van der Waals surface area contributed by atoms with Gasteiger partial charge in [0.25, 0.3) is 0 Å². The SMILES string of the molecule is CC(=O)NC1CCCN(C(=O)NCC(=O)N2CCCC2)C1. The first-order valence-corrected chi connectivity index (χ1v) is 7.64. The Hall–Kier alpha value is -1.79. The van der Waals surface area contributed by atoms with E-state index in [-0.39, 0.29) is 30.4 Å². The summed E-state index contributed by atoms with van der Waals surface area (Å²) in [7, 11) is 0. The van der Waals surface area contributed by atoms with Crippen molar-refractivity contribution >= 4 is 17.8 Å². The number of hydrogen-bond donors (Lipinski definition) is 2. The van der Waals surface area contributed by atoms with Gasteiger partial charge in [-0.3, -0.25) is 9.59 Å². The van der Waals surface area contributed by atoms with Crippen molar-refractivity contribution in [3.8, 4) is 0 Å². The third kappa shape index (κ3) is 4.61. The van der Waals surface area contributed by atoms with Crippen LogP contribution in [0.15, 0.2) is 0 Å². The van der Waals surface area contributed by atoms with Crippen molar-refractivity contribution in [2.45, 2.75) is 38.6 Å². The molecular formula is C14H24N4O3. The molecule has 0 aromatic carbocycles. The van der Waals surface area contributed by atoms with Crippen molar-refractivity contribution in [1.82, 2.24) is 20.4 Å². The molecule has 21 heavy (non-hydrogen) atoms. The molecule has 2 heterocycles. The second kappa shape index (κ2) is 7.28. The molecule has 0 bridgehead atoms. The predicted octanol–water partition coefficient (Wildman–Crippen LogP) is -0.0811. The average molecular weight is 296 g/mol. The molecule has 2 N–H and O–H groups in total. The Labute approximate surface area is 125 Å². The first-order valence-electron chi connectivity index (χ1n) is 7.64. The lowest BCUT2D eigenvalue weighted by Crippen LogP contribution is -2.53. The minimum Gasteiger partial charge on any atom is -0.352 e. The van der Waals surface area contributed by atoms with E-state index in [0.29, 0.717) is 13.1 Å². The molecule has 118 valence electrons. The Bertz CT molecular complexity index is 407. The molecular weight excluding hydrogens is 272 g/mol. The van der Waals surface area contributed by atoms with E-state index in [4.69, 9.17) is 0 Å². The van der Waals surface area contributed by atoms with E-state index in [1.807, 2.05) is 0 Å². The number of nitrogens with one attached hydrogen (secondary N) is 2. The van der Waals surface area contributed by atoms with Gasteiger partial charge in [0.15, 0.2) is 0 Å². The number of urea groups is 1. The molecule has 1 atom stereocenters. The molecule has 0 aromatic rings. The molecule has 2 rings (SSSR count). The number of carbonyl (C=O) groups excluding carboxylic acids is 3. The number of rotatable bonds is 3. The van der Waals surface area contributed by atoms with Gasteiger partial charge in [0.05, 0.1) is 6.54 Å². The van der Waals surface area contributed by atoms with Crippen molar-refractivity contribution in [2.24, 2.45) is 0 Å². The van der Waals surface area contributed by atoms with Gasteiger partial charge in [-0.15, -0.1) is 0 Å². The van der Waals surface area contributed by atoms with E-state index in [0.717, 1.165) is 38.8 Å². The highest BCUT2D eigenvalue weighted by Gasteiger charge is 2.25. The summed E-state index contributed by atoms with van der Waals surface area (Å²) in [5.41, 5.74) is 0. The zero-order chi connectivity index (χ0) is 15.2. The van der Waals surface area contributed by atoms with Crippen LogP contribution in [0.3, 0.4) is 0 Å². The van der Waals surface area contributed by atoms with Crippen molar-refractivity contribution in [3.63, 3.8) is 0 Å². The first-order chi connectivity index (χ1) is 10.1. The summed E-state index contributed by atoms with van der Waals surface area (Å²) >= 11 is 0. The predicted molar refractivity (Wildman–Crippen MR) is 77.6 cm³/mol. The maximum atomic E-state index is 12.1. The Morgan fingerprint density at radius 1 is 1.05 bits per heavy atom. The summed E-state index contributed by atoms with van der Waals surface area (Å²) in [4.78, 5) is 38.5. The van der Waals surface area contributed by atoms with Gasteiger partial charge < -0.3 is 20.4 Å². The van der Waals surface area contributed by atoms with Gasteiger partial charge in [-0.05, 0) is 25.7 Å². The minimum absolute atomic E-state index is 0.0104. The lowest BCUT2D eigenvalue weighted by atomic mass is 10.1. The van der Waals surface area contributed by atoms with Crippen molar-refractivity contribution in [1.29, 1.82) is 0 Å². The van der Waals surface area contributed by atoms with Crippen LogP contribution in [-0.2, 0) is 9.59 Å². The molecule has 1 unspecified atom stereocenters. The van der Waals surface area contributed by atoms with E-state index in [1.165, 1.54) is 6.92 Å². The number of piperidine rings is 1. The molecule has 2 saturated heterocycles. The Morgan fingerprint density at radius 3 is 2.38 bits per heavy atom. The molecule has 0 saturated carbocycles. The highest BCUT2D eigenvalue weighted by molar-refractivity contribution is 5.84. The lowest BCUT2D eigenvalue weighted by molar-refractivity contribution is -0.129. The van der Waals surface area contributed by atoms with Gasteiger partial charge in [0, 0.05) is 39.1 Å². The maximum Gasteiger partial charge on any atom is 0.317 e. The van der Waals surface area contributed by atoms with Gasteiger partial charge in [0.2, 0.25) is 11.8 Å². The normalized spacial score (nSPS) is 22.0. The van der Waals surface area contributed by atoms with Gasteiger partial charge in [-0.25, -0.2) is 4.79 Å². The molecule has 4 amide bonds. The fourth-order valence-corrected chi connectivity index (χ4v) is 2.91. The summed E-state index contributed by atoms with van der Waals surface area (Å²) in [6.45, 7) is 4.29. The number of likely N-dealkylation sites (tertiary alicyclic amines) is 2. The molecule has 0 aromatic heterocycles. The number of amides is 4. The van der Waals surface area contributed by atoms with Crippen LogP contribution in [0.1, 0.15) is 32.6 Å². The summed E-state index contributed by atoms with van der Waals surface area (Å²) in [6.07, 6.45) is 3.84. The van der Waals surface area contributed by atoms with Crippen molar-refractivity contribution < 1.29 is 14.4 Å². The zero-order valence-corrected chi connectivity index (χ0v) is 12.6. The fourth-order valence-electron chi connectivity index (χ4n) is 2.91. The minimum atomic E-state index is -0.224. The molecule has 0 radical (unpaired) electrons. The van der Waals surface area contributed by atoms with Crippen LogP contribution in [0.5, 0.6) is 0 Å². The number of hydrogen-bond acceptors (Lipinski definition) is 3. The summed E-state index contributed by atoms with van der Waals surface area (Å²) in [5.74, 6) is -0.0947. The summed E-state index contributed by atoms with van der Waals surface area (Å²) in [5, 5.41) is 5.53. The van der Waals surface area contributed by atoms with Crippen LogP contribution in [0.2, 0.25) is 0 Å². The highest BCUT2D eigenvalue weighted by atomic mass is 16.2. The molecule has 0 aliphatic carbocycles. The molecule has 7 heteroatoms. The standard InChI is InChI=1S/C14H24N4O3/c1-11(19)16-12-5-4-8-18(10-12)14(21)15-9-13(20)17-6-2-3-7-17/h12H,2-10H2,1H3,(H,15,21)(H,16,19). The lowest BCUT2D eigenvalue weighted by Gasteiger charge is -2.33. The Balaban J connectivity index is 1.74. The maximum absolute atomic E-state index is 12.1. The quantitative estimate of drug-likeness (QED) is 0.764. The molecule has 0 spiro atoms. The fraction of sp³-hybridized carbons (Fsp3) is 0.786. The number of carbonyl (C=O) groups is 3. The third-order valence-electron chi connectivity index (χ3n) is 3.97. The van der Waals surface area contributed by atoms with E-state index in [9.17, 15) is 14.4 Å². The molecule has 2 aliphatic heterocycles. The highest BCUT2D eigenvalue weighted by Crippen LogP contribution is 2.10. The van der Waals surface area contributed by atoms with Gasteiger partial charge in [-0.1, -0.05) is 0 Å². The average Bonchev–Trinajstić information content (AvgIpc) is 2.98. The third-order valence-corrected chi connectivity index (χ3v) is 3.97. The topological polar surface area (TPSA) is 81.8 Å². The molecule has 2 fully saturated rings. The van der Waals surface area contributed by atoms with E-state index in [1.54, 1.807) is 9.80 Å². The largest absolute Gasteiger partial charge is 0.352 e. The molecule has 2 aliphatic rings. The van der Waals surface area contributed by atoms with Gasteiger partial charge >= 0.3 is 6.03 Å². The molecule has 7 nitrogen and oxygen atoms in total. The van der Waals surface area contributed by atoms with E-state index in [2.05, 4.69) is 10.6 Å². The van der Waals surface area contributed by atoms with Gasteiger partial charge in [0.1, 0.15) is 0 Å². The van der Waals surface area contributed by atoms with Crippen LogP contribution in [-0.4, -0.2) is 66.4 Å². The van der Waals surface area contributed by atoms with E-state index < -0.39 is 0 Å². The summed E-state index contributed by atoms with van der Waals surface area (Å²) < 4.78 is 0. The van der Waals surface area contributed by atoms with Gasteiger partial charge in [-0.2, -0.15) is 0 Å². The Morgan fingerprint density at radius 2 is 1.71 bits per heavy atom. The van der Waals surface area contributed by atoms with E-state index >= 15 is 0 Å².